The molecule has 1 aromatic heterocycles. The molecule has 2 amide bonds. The first-order chi connectivity index (χ1) is 10.9. The van der Waals surface area contributed by atoms with Gasteiger partial charge in [-0.25, -0.2) is 18.6 Å². The lowest BCUT2D eigenvalue weighted by Gasteiger charge is -2.06. The minimum absolute atomic E-state index is 0.1000. The van der Waals surface area contributed by atoms with Crippen LogP contribution in [0.1, 0.15) is 11.1 Å². The summed E-state index contributed by atoms with van der Waals surface area (Å²) in [6, 6.07) is 6.24. The number of nitrogens with one attached hydrogen (secondary N) is 2. The van der Waals surface area contributed by atoms with Crippen LogP contribution in [-0.4, -0.2) is 11.0 Å². The summed E-state index contributed by atoms with van der Waals surface area (Å²) >= 11 is 1.33. The number of nitrogens with zero attached hydrogens (tertiary/aromatic N) is 1. The van der Waals surface area contributed by atoms with E-state index >= 15 is 0 Å². The van der Waals surface area contributed by atoms with Crippen molar-refractivity contribution in [2.75, 3.05) is 10.6 Å². The standard InChI is InChI=1S/C16H13F2N3OS/c1-8-3-6-13-14(9(8)2)20-16(23-13)21-15(22)19-12-5-4-10(17)7-11(12)18/h3-7H,1-2H3,(H2,19,20,21,22). The van der Waals surface area contributed by atoms with Crippen LogP contribution in [0.5, 0.6) is 0 Å². The van der Waals surface area contributed by atoms with E-state index in [4.69, 9.17) is 0 Å². The fourth-order valence-corrected chi connectivity index (χ4v) is 3.04. The number of hydrogen-bond donors (Lipinski definition) is 2. The lowest BCUT2D eigenvalue weighted by Crippen LogP contribution is -2.20. The molecule has 23 heavy (non-hydrogen) atoms. The summed E-state index contributed by atoms with van der Waals surface area (Å²) in [6.07, 6.45) is 0. The lowest BCUT2D eigenvalue weighted by molar-refractivity contribution is 0.262. The van der Waals surface area contributed by atoms with Crippen LogP contribution < -0.4 is 10.6 Å². The van der Waals surface area contributed by atoms with Crippen molar-refractivity contribution < 1.29 is 13.6 Å². The number of benzene rings is 2. The minimum Gasteiger partial charge on any atom is -0.305 e. The predicted molar refractivity (Wildman–Crippen MR) is 88.1 cm³/mol. The van der Waals surface area contributed by atoms with Gasteiger partial charge in [0, 0.05) is 6.07 Å². The van der Waals surface area contributed by atoms with Crippen LogP contribution in [0.2, 0.25) is 0 Å². The topological polar surface area (TPSA) is 54.0 Å². The third-order valence-corrected chi connectivity index (χ3v) is 4.42. The molecule has 3 rings (SSSR count). The zero-order chi connectivity index (χ0) is 16.6. The average molecular weight is 333 g/mol. The molecule has 0 bridgehead atoms. The molecule has 0 spiro atoms. The van der Waals surface area contributed by atoms with Gasteiger partial charge in [0.25, 0.3) is 0 Å². The quantitative estimate of drug-likeness (QED) is 0.705. The first-order valence-corrected chi connectivity index (χ1v) is 7.65. The number of fused-ring (bicyclic) bond motifs is 1. The third kappa shape index (κ3) is 3.14. The van der Waals surface area contributed by atoms with Crippen molar-refractivity contribution in [3.05, 3.63) is 53.1 Å². The first-order valence-electron chi connectivity index (χ1n) is 6.84. The Bertz CT molecular complexity index is 908. The lowest BCUT2D eigenvalue weighted by atomic mass is 10.1. The van der Waals surface area contributed by atoms with E-state index in [9.17, 15) is 13.6 Å². The van der Waals surface area contributed by atoms with Crippen molar-refractivity contribution in [2.24, 2.45) is 0 Å². The van der Waals surface area contributed by atoms with Crippen LogP contribution in [-0.2, 0) is 0 Å². The summed E-state index contributed by atoms with van der Waals surface area (Å²) in [5.74, 6) is -1.54. The van der Waals surface area contributed by atoms with Crippen molar-refractivity contribution in [2.45, 2.75) is 13.8 Å². The summed E-state index contributed by atoms with van der Waals surface area (Å²) in [5.41, 5.74) is 2.90. The molecule has 4 nitrogen and oxygen atoms in total. The fraction of sp³-hybridized carbons (Fsp3) is 0.125. The second kappa shape index (κ2) is 5.92. The Morgan fingerprint density at radius 3 is 2.65 bits per heavy atom. The number of halogens is 2. The molecule has 0 fully saturated rings. The molecule has 0 radical (unpaired) electrons. The normalized spacial score (nSPS) is 10.8. The maximum absolute atomic E-state index is 13.5. The van der Waals surface area contributed by atoms with Gasteiger partial charge in [0.15, 0.2) is 5.13 Å². The van der Waals surface area contributed by atoms with Crippen molar-refractivity contribution >= 4 is 38.4 Å². The molecule has 7 heteroatoms. The molecule has 2 aromatic carbocycles. The Balaban J connectivity index is 1.79. The van der Waals surface area contributed by atoms with Crippen molar-refractivity contribution in [3.8, 4) is 0 Å². The first kappa shape index (κ1) is 15.4. The molecule has 0 unspecified atom stereocenters. The van der Waals surface area contributed by atoms with E-state index < -0.39 is 17.7 Å². The van der Waals surface area contributed by atoms with Crippen LogP contribution in [0.3, 0.4) is 0 Å². The van der Waals surface area contributed by atoms with Gasteiger partial charge in [-0.05, 0) is 43.2 Å². The molecule has 3 aromatic rings. The van der Waals surface area contributed by atoms with Gasteiger partial charge in [0.05, 0.1) is 15.9 Å². The maximum Gasteiger partial charge on any atom is 0.325 e. The number of aryl methyl sites for hydroxylation is 2. The van der Waals surface area contributed by atoms with Gasteiger partial charge in [-0.2, -0.15) is 0 Å². The van der Waals surface area contributed by atoms with Crippen LogP contribution in [0, 0.1) is 25.5 Å². The Morgan fingerprint density at radius 2 is 1.91 bits per heavy atom. The molecule has 0 aliphatic rings. The van der Waals surface area contributed by atoms with Gasteiger partial charge in [0.2, 0.25) is 0 Å². The number of thiazole rings is 1. The van der Waals surface area contributed by atoms with Gasteiger partial charge in [-0.3, -0.25) is 5.32 Å². The molecular formula is C16H13F2N3OS. The Labute approximate surface area is 135 Å². The molecule has 0 aliphatic carbocycles. The second-order valence-electron chi connectivity index (χ2n) is 5.08. The van der Waals surface area contributed by atoms with E-state index in [2.05, 4.69) is 15.6 Å². The van der Waals surface area contributed by atoms with Crippen LogP contribution in [0.25, 0.3) is 10.2 Å². The number of hydrogen-bond acceptors (Lipinski definition) is 3. The van der Waals surface area contributed by atoms with Crippen molar-refractivity contribution in [1.29, 1.82) is 0 Å². The van der Waals surface area contributed by atoms with E-state index in [0.717, 1.165) is 33.5 Å². The van der Waals surface area contributed by atoms with Crippen LogP contribution in [0.15, 0.2) is 30.3 Å². The number of urea groups is 1. The monoisotopic (exact) mass is 333 g/mol. The summed E-state index contributed by atoms with van der Waals surface area (Å²) in [5, 5.41) is 5.31. The molecule has 118 valence electrons. The van der Waals surface area contributed by atoms with Gasteiger partial charge in [-0.15, -0.1) is 0 Å². The van der Waals surface area contributed by atoms with E-state index in [1.807, 2.05) is 26.0 Å². The largest absolute Gasteiger partial charge is 0.325 e. The number of rotatable bonds is 2. The van der Waals surface area contributed by atoms with Crippen LogP contribution in [0.4, 0.5) is 24.4 Å². The van der Waals surface area contributed by atoms with Gasteiger partial charge >= 0.3 is 6.03 Å². The van der Waals surface area contributed by atoms with Gasteiger partial charge in [0.1, 0.15) is 11.6 Å². The van der Waals surface area contributed by atoms with E-state index in [1.165, 1.54) is 11.3 Å². The third-order valence-electron chi connectivity index (χ3n) is 3.48. The van der Waals surface area contributed by atoms with Gasteiger partial charge < -0.3 is 5.32 Å². The van der Waals surface area contributed by atoms with E-state index in [0.29, 0.717) is 11.2 Å². The number of anilines is 2. The maximum atomic E-state index is 13.5. The molecule has 2 N–H and O–H groups in total. The zero-order valence-corrected chi connectivity index (χ0v) is 13.2. The molecule has 1 heterocycles. The van der Waals surface area contributed by atoms with Crippen LogP contribution >= 0.6 is 11.3 Å². The minimum atomic E-state index is -0.837. The molecule has 0 aliphatic heterocycles. The number of amides is 2. The Hall–Kier alpha value is -2.54. The van der Waals surface area contributed by atoms with E-state index in [-0.39, 0.29) is 5.69 Å². The van der Waals surface area contributed by atoms with Gasteiger partial charge in [-0.1, -0.05) is 17.4 Å². The highest BCUT2D eigenvalue weighted by Gasteiger charge is 2.12. The number of carbonyl (C=O) groups excluding carboxylic acids is 1. The van der Waals surface area contributed by atoms with Crippen molar-refractivity contribution in [3.63, 3.8) is 0 Å². The Kier molecular flexibility index (Phi) is 3.96. The molecule has 0 saturated carbocycles. The van der Waals surface area contributed by atoms with Crippen molar-refractivity contribution in [1.82, 2.24) is 4.98 Å². The summed E-state index contributed by atoms with van der Waals surface area (Å²) in [4.78, 5) is 16.3. The molecule has 0 atom stereocenters. The summed E-state index contributed by atoms with van der Waals surface area (Å²) in [6.45, 7) is 3.96. The number of aromatic nitrogens is 1. The fourth-order valence-electron chi connectivity index (χ4n) is 2.12. The predicted octanol–water partition coefficient (Wildman–Crippen LogP) is 4.84. The van der Waals surface area contributed by atoms with E-state index in [1.54, 1.807) is 0 Å². The summed E-state index contributed by atoms with van der Waals surface area (Å²) in [7, 11) is 0. The average Bonchev–Trinajstić information content (AvgIpc) is 2.89. The SMILES string of the molecule is Cc1ccc2sc(NC(=O)Nc3ccc(F)cc3F)nc2c1C. The highest BCUT2D eigenvalue weighted by molar-refractivity contribution is 7.22. The highest BCUT2D eigenvalue weighted by Crippen LogP contribution is 2.29. The molecule has 0 saturated heterocycles. The zero-order valence-electron chi connectivity index (χ0n) is 12.4. The molecular weight excluding hydrogens is 320 g/mol. The smallest absolute Gasteiger partial charge is 0.305 e. The highest BCUT2D eigenvalue weighted by atomic mass is 32.1. The Morgan fingerprint density at radius 1 is 1.13 bits per heavy atom. The second-order valence-corrected chi connectivity index (χ2v) is 6.11. The summed E-state index contributed by atoms with van der Waals surface area (Å²) < 4.78 is 27.3. The number of carbonyl (C=O) groups is 1.